The SMILES string of the molecule is CCC(C)NCc1nc(CCOCCOC)no1. The lowest BCUT2D eigenvalue weighted by Gasteiger charge is -2.07. The van der Waals surface area contributed by atoms with Gasteiger partial charge in [0, 0.05) is 19.6 Å². The van der Waals surface area contributed by atoms with Crippen LogP contribution in [0.15, 0.2) is 4.52 Å². The molecule has 0 spiro atoms. The van der Waals surface area contributed by atoms with Crippen LogP contribution in [0, 0.1) is 0 Å². The number of aromatic nitrogens is 2. The Morgan fingerprint density at radius 2 is 2.17 bits per heavy atom. The Morgan fingerprint density at radius 1 is 1.33 bits per heavy atom. The first-order valence-electron chi connectivity index (χ1n) is 6.37. The van der Waals surface area contributed by atoms with Gasteiger partial charge in [-0.2, -0.15) is 4.98 Å². The van der Waals surface area contributed by atoms with Crippen LogP contribution in [0.4, 0.5) is 0 Å². The molecule has 1 aromatic rings. The summed E-state index contributed by atoms with van der Waals surface area (Å²) in [6.07, 6.45) is 1.74. The van der Waals surface area contributed by atoms with Gasteiger partial charge >= 0.3 is 0 Å². The number of hydrogen-bond donors (Lipinski definition) is 1. The molecule has 0 bridgehead atoms. The Bertz CT molecular complexity index is 317. The first-order chi connectivity index (χ1) is 8.76. The third-order valence-corrected chi connectivity index (χ3v) is 2.63. The minimum atomic E-state index is 0.456. The van der Waals surface area contributed by atoms with E-state index in [1.807, 2.05) is 0 Å². The topological polar surface area (TPSA) is 69.4 Å². The van der Waals surface area contributed by atoms with Crippen LogP contribution in [0.3, 0.4) is 0 Å². The molecule has 0 fully saturated rings. The molecule has 0 radical (unpaired) electrons. The summed E-state index contributed by atoms with van der Waals surface area (Å²) in [5, 5.41) is 7.20. The van der Waals surface area contributed by atoms with Crippen molar-refractivity contribution < 1.29 is 14.0 Å². The van der Waals surface area contributed by atoms with E-state index >= 15 is 0 Å². The van der Waals surface area contributed by atoms with Crippen LogP contribution in [-0.2, 0) is 22.4 Å². The number of ether oxygens (including phenoxy) is 2. The summed E-state index contributed by atoms with van der Waals surface area (Å²) < 4.78 is 15.4. The summed E-state index contributed by atoms with van der Waals surface area (Å²) in [6.45, 7) is 6.66. The minimum absolute atomic E-state index is 0.456. The molecule has 0 aliphatic rings. The lowest BCUT2D eigenvalue weighted by atomic mass is 10.3. The van der Waals surface area contributed by atoms with Crippen molar-refractivity contribution in [3.63, 3.8) is 0 Å². The summed E-state index contributed by atoms with van der Waals surface area (Å²) in [6, 6.07) is 0.456. The fraction of sp³-hybridized carbons (Fsp3) is 0.833. The van der Waals surface area contributed by atoms with E-state index in [2.05, 4.69) is 29.3 Å². The molecule has 1 heterocycles. The second kappa shape index (κ2) is 9.02. The van der Waals surface area contributed by atoms with Crippen LogP contribution < -0.4 is 5.32 Å². The van der Waals surface area contributed by atoms with Gasteiger partial charge in [0.05, 0.1) is 26.4 Å². The van der Waals surface area contributed by atoms with Gasteiger partial charge in [-0.1, -0.05) is 12.1 Å². The van der Waals surface area contributed by atoms with Crippen molar-refractivity contribution >= 4 is 0 Å². The Hall–Kier alpha value is -0.980. The fourth-order valence-electron chi connectivity index (χ4n) is 1.28. The minimum Gasteiger partial charge on any atom is -0.382 e. The van der Waals surface area contributed by atoms with Crippen LogP contribution in [0.2, 0.25) is 0 Å². The molecule has 18 heavy (non-hydrogen) atoms. The predicted octanol–water partition coefficient (Wildman–Crippen LogP) is 1.16. The molecule has 6 heteroatoms. The monoisotopic (exact) mass is 257 g/mol. The maximum Gasteiger partial charge on any atom is 0.240 e. The van der Waals surface area contributed by atoms with Gasteiger partial charge in [0.15, 0.2) is 5.82 Å². The summed E-state index contributed by atoms with van der Waals surface area (Å²) in [5.41, 5.74) is 0. The van der Waals surface area contributed by atoms with Crippen molar-refractivity contribution in [3.05, 3.63) is 11.7 Å². The highest BCUT2D eigenvalue weighted by molar-refractivity contribution is 4.86. The van der Waals surface area contributed by atoms with E-state index < -0.39 is 0 Å². The molecule has 0 saturated heterocycles. The van der Waals surface area contributed by atoms with Crippen molar-refractivity contribution in [2.45, 2.75) is 39.3 Å². The Morgan fingerprint density at radius 3 is 2.89 bits per heavy atom. The highest BCUT2D eigenvalue weighted by Crippen LogP contribution is 1.99. The molecular formula is C12H23N3O3. The molecule has 0 saturated carbocycles. The van der Waals surface area contributed by atoms with Crippen molar-refractivity contribution in [2.75, 3.05) is 26.9 Å². The van der Waals surface area contributed by atoms with Crippen LogP contribution in [0.1, 0.15) is 32.0 Å². The van der Waals surface area contributed by atoms with E-state index in [4.69, 9.17) is 14.0 Å². The maximum atomic E-state index is 5.34. The highest BCUT2D eigenvalue weighted by atomic mass is 16.5. The highest BCUT2D eigenvalue weighted by Gasteiger charge is 2.07. The van der Waals surface area contributed by atoms with E-state index in [0.29, 0.717) is 50.5 Å². The molecule has 1 unspecified atom stereocenters. The second-order valence-electron chi connectivity index (χ2n) is 4.15. The van der Waals surface area contributed by atoms with E-state index in [0.717, 1.165) is 6.42 Å². The zero-order chi connectivity index (χ0) is 13.2. The average Bonchev–Trinajstić information content (AvgIpc) is 2.83. The molecule has 1 aromatic heterocycles. The standard InChI is InChI=1S/C12H23N3O3/c1-4-10(2)13-9-12-14-11(15-18-12)5-6-17-8-7-16-3/h10,13H,4-9H2,1-3H3. The third kappa shape index (κ3) is 6.09. The Balaban J connectivity index is 2.17. The molecular weight excluding hydrogens is 234 g/mol. The Kier molecular flexibility index (Phi) is 7.55. The maximum absolute atomic E-state index is 5.34. The summed E-state index contributed by atoms with van der Waals surface area (Å²) >= 11 is 0. The van der Waals surface area contributed by atoms with E-state index in [-0.39, 0.29) is 0 Å². The van der Waals surface area contributed by atoms with E-state index in [9.17, 15) is 0 Å². The number of methoxy groups -OCH3 is 1. The van der Waals surface area contributed by atoms with Gasteiger partial charge in [-0.15, -0.1) is 0 Å². The molecule has 0 aliphatic carbocycles. The Labute approximate surface area is 108 Å². The third-order valence-electron chi connectivity index (χ3n) is 2.63. The lowest BCUT2D eigenvalue weighted by Crippen LogP contribution is -2.24. The van der Waals surface area contributed by atoms with Gasteiger partial charge in [-0.05, 0) is 13.3 Å². The van der Waals surface area contributed by atoms with Crippen molar-refractivity contribution in [1.29, 1.82) is 0 Å². The van der Waals surface area contributed by atoms with Crippen molar-refractivity contribution in [2.24, 2.45) is 0 Å². The molecule has 0 aliphatic heterocycles. The van der Waals surface area contributed by atoms with Crippen LogP contribution in [0.5, 0.6) is 0 Å². The van der Waals surface area contributed by atoms with Gasteiger partial charge < -0.3 is 19.3 Å². The zero-order valence-electron chi connectivity index (χ0n) is 11.4. The smallest absolute Gasteiger partial charge is 0.240 e. The number of hydrogen-bond acceptors (Lipinski definition) is 6. The van der Waals surface area contributed by atoms with Gasteiger partial charge in [-0.25, -0.2) is 0 Å². The number of nitrogens with one attached hydrogen (secondary N) is 1. The molecule has 1 N–H and O–H groups in total. The quantitative estimate of drug-likeness (QED) is 0.634. The van der Waals surface area contributed by atoms with Crippen LogP contribution in [0.25, 0.3) is 0 Å². The van der Waals surface area contributed by atoms with Gasteiger partial charge in [0.2, 0.25) is 5.89 Å². The molecule has 104 valence electrons. The van der Waals surface area contributed by atoms with E-state index in [1.54, 1.807) is 7.11 Å². The molecule has 1 atom stereocenters. The normalized spacial score (nSPS) is 12.8. The second-order valence-corrected chi connectivity index (χ2v) is 4.15. The van der Waals surface area contributed by atoms with Crippen LogP contribution >= 0.6 is 0 Å². The predicted molar refractivity (Wildman–Crippen MR) is 67.3 cm³/mol. The van der Waals surface area contributed by atoms with Crippen molar-refractivity contribution in [1.82, 2.24) is 15.5 Å². The first-order valence-corrected chi connectivity index (χ1v) is 6.37. The first kappa shape index (κ1) is 15.1. The largest absolute Gasteiger partial charge is 0.382 e. The number of rotatable bonds is 10. The zero-order valence-corrected chi connectivity index (χ0v) is 11.4. The summed E-state index contributed by atoms with van der Waals surface area (Å²) in [4.78, 5) is 4.28. The van der Waals surface area contributed by atoms with Gasteiger partial charge in [-0.3, -0.25) is 0 Å². The lowest BCUT2D eigenvalue weighted by molar-refractivity contribution is 0.0714. The van der Waals surface area contributed by atoms with Crippen molar-refractivity contribution in [3.8, 4) is 0 Å². The summed E-state index contributed by atoms with van der Waals surface area (Å²) in [5.74, 6) is 1.32. The summed E-state index contributed by atoms with van der Waals surface area (Å²) in [7, 11) is 1.65. The van der Waals surface area contributed by atoms with E-state index in [1.165, 1.54) is 0 Å². The fourth-order valence-corrected chi connectivity index (χ4v) is 1.28. The molecule has 6 nitrogen and oxygen atoms in total. The molecule has 0 amide bonds. The molecule has 1 rings (SSSR count). The average molecular weight is 257 g/mol. The number of nitrogens with zero attached hydrogens (tertiary/aromatic N) is 2. The van der Waals surface area contributed by atoms with Crippen LogP contribution in [-0.4, -0.2) is 43.1 Å². The molecule has 0 aromatic carbocycles. The van der Waals surface area contributed by atoms with Gasteiger partial charge in [0.25, 0.3) is 0 Å². The van der Waals surface area contributed by atoms with Gasteiger partial charge in [0.1, 0.15) is 0 Å².